The molecule has 5 nitrogen and oxygen atoms in total. The van der Waals surface area contributed by atoms with Crippen LogP contribution < -0.4 is 9.88 Å². The second-order valence-electron chi connectivity index (χ2n) is 5.02. The maximum Gasteiger partial charge on any atom is 0.240 e. The molecule has 1 aromatic heterocycles. The number of aromatic nitrogens is 1. The van der Waals surface area contributed by atoms with Gasteiger partial charge in [0.1, 0.15) is 16.7 Å². The third-order valence-corrected chi connectivity index (χ3v) is 4.43. The van der Waals surface area contributed by atoms with Gasteiger partial charge in [-0.2, -0.15) is 0 Å². The Balaban J connectivity index is 2.09. The minimum atomic E-state index is -3.81. The lowest BCUT2D eigenvalue weighted by molar-refractivity contribution is 0.232. The fourth-order valence-corrected chi connectivity index (χ4v) is 3.19. The van der Waals surface area contributed by atoms with Crippen molar-refractivity contribution in [1.29, 1.82) is 0 Å². The number of benzene rings is 1. The van der Waals surface area contributed by atoms with Crippen molar-refractivity contribution in [3.05, 3.63) is 42.6 Å². The van der Waals surface area contributed by atoms with Gasteiger partial charge in [-0.05, 0) is 49.6 Å². The predicted octanol–water partition coefficient (Wildman–Crippen LogP) is 2.37. The number of sulfonamides is 1. The van der Waals surface area contributed by atoms with E-state index in [1.807, 2.05) is 6.08 Å². The topological polar surface area (TPSA) is 82.3 Å². The molecule has 0 spiro atoms. The van der Waals surface area contributed by atoms with Crippen LogP contribution in [-0.2, 0) is 10.0 Å². The average molecular weight is 304 g/mol. The molecule has 1 atom stereocenters. The highest BCUT2D eigenvalue weighted by Crippen LogP contribution is 2.30. The maximum absolute atomic E-state index is 11.6. The van der Waals surface area contributed by atoms with E-state index in [0.29, 0.717) is 16.7 Å². The van der Waals surface area contributed by atoms with Crippen molar-refractivity contribution in [1.82, 2.24) is 4.98 Å². The summed E-state index contributed by atoms with van der Waals surface area (Å²) in [6.45, 7) is 0. The maximum atomic E-state index is 11.6. The third-order valence-electron chi connectivity index (χ3n) is 3.49. The van der Waals surface area contributed by atoms with Gasteiger partial charge in [0.15, 0.2) is 0 Å². The van der Waals surface area contributed by atoms with E-state index in [2.05, 4.69) is 11.1 Å². The summed E-state index contributed by atoms with van der Waals surface area (Å²) in [5.41, 5.74) is 0.345. The summed E-state index contributed by atoms with van der Waals surface area (Å²) in [5.74, 6) is 0.627. The first-order valence-electron chi connectivity index (χ1n) is 6.79. The van der Waals surface area contributed by atoms with Gasteiger partial charge in [0.25, 0.3) is 0 Å². The molecule has 0 fully saturated rings. The molecule has 0 saturated carbocycles. The number of nitrogens with zero attached hydrogens (tertiary/aromatic N) is 1. The number of primary sulfonamides is 1. The molecule has 1 aromatic carbocycles. The van der Waals surface area contributed by atoms with Gasteiger partial charge in [-0.15, -0.1) is 0 Å². The van der Waals surface area contributed by atoms with E-state index < -0.39 is 10.0 Å². The van der Waals surface area contributed by atoms with Crippen LogP contribution in [0.15, 0.2) is 47.5 Å². The Morgan fingerprint density at radius 2 is 2.14 bits per heavy atom. The molecule has 6 heteroatoms. The van der Waals surface area contributed by atoms with Crippen LogP contribution >= 0.6 is 0 Å². The van der Waals surface area contributed by atoms with Crippen LogP contribution in [-0.4, -0.2) is 19.5 Å². The molecule has 1 aliphatic carbocycles. The lowest BCUT2D eigenvalue weighted by atomic mass is 10.1. The highest BCUT2D eigenvalue weighted by atomic mass is 32.2. The Morgan fingerprint density at radius 1 is 1.29 bits per heavy atom. The Kier molecular flexibility index (Phi) is 3.65. The number of fused-ring (bicyclic) bond motifs is 1. The Hall–Kier alpha value is -1.92. The van der Waals surface area contributed by atoms with Gasteiger partial charge in [-0.1, -0.05) is 6.08 Å². The van der Waals surface area contributed by atoms with E-state index in [1.54, 1.807) is 24.4 Å². The van der Waals surface area contributed by atoms with Gasteiger partial charge in [0.05, 0.1) is 5.52 Å². The van der Waals surface area contributed by atoms with Gasteiger partial charge < -0.3 is 4.74 Å². The van der Waals surface area contributed by atoms with Gasteiger partial charge in [-0.3, -0.25) is 4.98 Å². The van der Waals surface area contributed by atoms with E-state index in [9.17, 15) is 8.42 Å². The number of ether oxygens (including phenoxy) is 1. The SMILES string of the molecule is NS(=O)(=O)c1ccc(OC2C=CCCC2)c2cccnc12. The molecule has 2 aromatic rings. The Bertz CT molecular complexity index is 800. The quantitative estimate of drug-likeness (QED) is 0.883. The Labute approximate surface area is 123 Å². The molecule has 0 aliphatic heterocycles. The normalized spacial score (nSPS) is 18.8. The molecular formula is C15H16N2O3S. The van der Waals surface area contributed by atoms with Crippen molar-refractivity contribution in [2.75, 3.05) is 0 Å². The number of nitrogens with two attached hydrogens (primary N) is 1. The average Bonchev–Trinajstić information content (AvgIpc) is 2.47. The molecule has 0 radical (unpaired) electrons. The van der Waals surface area contributed by atoms with Crippen molar-refractivity contribution in [2.45, 2.75) is 30.3 Å². The van der Waals surface area contributed by atoms with Crippen LogP contribution in [0.5, 0.6) is 5.75 Å². The summed E-state index contributed by atoms with van der Waals surface area (Å²) >= 11 is 0. The van der Waals surface area contributed by atoms with Crippen LogP contribution in [0.2, 0.25) is 0 Å². The molecule has 0 saturated heterocycles. The predicted molar refractivity (Wildman–Crippen MR) is 80.5 cm³/mol. The summed E-state index contributed by atoms with van der Waals surface area (Å²) in [4.78, 5) is 4.16. The first-order chi connectivity index (χ1) is 10.1. The zero-order chi connectivity index (χ0) is 14.9. The van der Waals surface area contributed by atoms with Gasteiger partial charge in [0, 0.05) is 11.6 Å². The van der Waals surface area contributed by atoms with E-state index in [4.69, 9.17) is 9.88 Å². The van der Waals surface area contributed by atoms with Crippen molar-refractivity contribution in [3.63, 3.8) is 0 Å². The van der Waals surface area contributed by atoms with Gasteiger partial charge >= 0.3 is 0 Å². The zero-order valence-corrected chi connectivity index (χ0v) is 12.2. The van der Waals surface area contributed by atoms with E-state index in [1.165, 1.54) is 6.07 Å². The highest BCUT2D eigenvalue weighted by Gasteiger charge is 2.18. The largest absolute Gasteiger partial charge is 0.486 e. The zero-order valence-electron chi connectivity index (χ0n) is 11.4. The molecule has 0 bridgehead atoms. The third kappa shape index (κ3) is 2.91. The van der Waals surface area contributed by atoms with Crippen LogP contribution in [0.25, 0.3) is 10.9 Å². The number of pyridine rings is 1. The molecule has 1 heterocycles. The summed E-state index contributed by atoms with van der Waals surface area (Å²) in [5, 5.41) is 5.89. The standard InChI is InChI=1S/C15H16N2O3S/c16-21(18,19)14-9-8-13(12-7-4-10-17-15(12)14)20-11-5-2-1-3-6-11/h2,4-5,7-11H,1,3,6H2,(H2,16,18,19). The first-order valence-corrected chi connectivity index (χ1v) is 8.34. The summed E-state index contributed by atoms with van der Waals surface area (Å²) < 4.78 is 29.2. The molecule has 1 unspecified atom stereocenters. The van der Waals surface area contributed by atoms with Gasteiger partial charge in [0.2, 0.25) is 10.0 Å². The van der Waals surface area contributed by atoms with E-state index in [-0.39, 0.29) is 11.0 Å². The molecule has 21 heavy (non-hydrogen) atoms. The van der Waals surface area contributed by atoms with Crippen LogP contribution in [0.4, 0.5) is 0 Å². The van der Waals surface area contributed by atoms with E-state index >= 15 is 0 Å². The number of allylic oxidation sites excluding steroid dienone is 1. The Morgan fingerprint density at radius 3 is 2.86 bits per heavy atom. The van der Waals surface area contributed by atoms with Gasteiger partial charge in [-0.25, -0.2) is 13.6 Å². The highest BCUT2D eigenvalue weighted by molar-refractivity contribution is 7.89. The van der Waals surface area contributed by atoms with Crippen LogP contribution in [0, 0.1) is 0 Å². The monoisotopic (exact) mass is 304 g/mol. The van der Waals surface area contributed by atoms with Crippen molar-refractivity contribution in [2.24, 2.45) is 5.14 Å². The van der Waals surface area contributed by atoms with Crippen LogP contribution in [0.1, 0.15) is 19.3 Å². The van der Waals surface area contributed by atoms with Crippen molar-refractivity contribution < 1.29 is 13.2 Å². The second-order valence-corrected chi connectivity index (χ2v) is 6.55. The summed E-state index contributed by atoms with van der Waals surface area (Å²) in [6, 6.07) is 6.64. The van der Waals surface area contributed by atoms with E-state index in [0.717, 1.165) is 19.3 Å². The number of hydrogen-bond acceptors (Lipinski definition) is 4. The lowest BCUT2D eigenvalue weighted by Crippen LogP contribution is -2.17. The lowest BCUT2D eigenvalue weighted by Gasteiger charge is -2.20. The molecule has 3 rings (SSSR count). The first kappa shape index (κ1) is 14.0. The molecule has 0 amide bonds. The summed E-state index contributed by atoms with van der Waals surface area (Å²) in [6.07, 6.45) is 8.82. The van der Waals surface area contributed by atoms with Crippen molar-refractivity contribution in [3.8, 4) is 5.75 Å². The minimum Gasteiger partial charge on any atom is -0.486 e. The fraction of sp³-hybridized carbons (Fsp3) is 0.267. The van der Waals surface area contributed by atoms with Crippen LogP contribution in [0.3, 0.4) is 0 Å². The molecule has 2 N–H and O–H groups in total. The second kappa shape index (κ2) is 5.46. The molecule has 110 valence electrons. The summed E-state index contributed by atoms with van der Waals surface area (Å²) in [7, 11) is -3.81. The smallest absolute Gasteiger partial charge is 0.240 e. The fourth-order valence-electron chi connectivity index (χ4n) is 2.50. The number of rotatable bonds is 3. The molecular weight excluding hydrogens is 288 g/mol. The molecule has 1 aliphatic rings. The minimum absolute atomic E-state index is 0.0162. The number of hydrogen-bond donors (Lipinski definition) is 1. The van der Waals surface area contributed by atoms with Crippen molar-refractivity contribution >= 4 is 20.9 Å².